The van der Waals surface area contributed by atoms with E-state index in [1.165, 1.54) is 6.92 Å². The van der Waals surface area contributed by atoms with Crippen LogP contribution in [0, 0.1) is 5.41 Å². The molecule has 128 valence electrons. The Balaban J connectivity index is 2.34. The highest BCUT2D eigenvalue weighted by Crippen LogP contribution is 2.46. The summed E-state index contributed by atoms with van der Waals surface area (Å²) in [5.74, 6) is -1.17. The molecule has 1 atom stereocenters. The number of carbonyl (C=O) groups excluding carboxylic acids is 1. The quantitative estimate of drug-likeness (QED) is 0.695. The number of hydrogen-bond acceptors (Lipinski definition) is 2. The maximum atomic E-state index is 13.3. The van der Waals surface area contributed by atoms with Crippen LogP contribution in [0.1, 0.15) is 57.9 Å². The van der Waals surface area contributed by atoms with Crippen LogP contribution in [0.15, 0.2) is 30.3 Å². The van der Waals surface area contributed by atoms with Crippen LogP contribution < -0.4 is 0 Å². The lowest BCUT2D eigenvalue weighted by atomic mass is 9.78. The first-order chi connectivity index (χ1) is 10.8. The van der Waals surface area contributed by atoms with Crippen LogP contribution in [0.4, 0.5) is 13.2 Å². The van der Waals surface area contributed by atoms with Gasteiger partial charge in [0.25, 0.3) is 0 Å². The Morgan fingerprint density at radius 1 is 1.13 bits per heavy atom. The second-order valence-corrected chi connectivity index (χ2v) is 6.49. The van der Waals surface area contributed by atoms with E-state index < -0.39 is 23.2 Å². The van der Waals surface area contributed by atoms with Crippen LogP contribution in [-0.4, -0.2) is 12.1 Å². The number of esters is 1. The number of carbonyl (C=O) groups is 1. The van der Waals surface area contributed by atoms with Gasteiger partial charge in [0.05, 0.1) is 0 Å². The normalized spacial score (nSPS) is 20.6. The summed E-state index contributed by atoms with van der Waals surface area (Å²) in [6, 6.07) is 9.14. The molecule has 1 aliphatic rings. The molecule has 1 fully saturated rings. The lowest BCUT2D eigenvalue weighted by Crippen LogP contribution is -2.47. The zero-order chi connectivity index (χ0) is 17.1. The lowest BCUT2D eigenvalue weighted by molar-refractivity contribution is -0.240. The predicted molar refractivity (Wildman–Crippen MR) is 81.8 cm³/mol. The molecular formula is C18H23F3O2. The SMILES string of the molecule is CCC(C)(C(=O)OC1(c2ccccc2)CCCCC1)C(F)(F)F. The summed E-state index contributed by atoms with van der Waals surface area (Å²) >= 11 is 0. The molecule has 1 saturated carbocycles. The summed E-state index contributed by atoms with van der Waals surface area (Å²) in [6.45, 7) is 2.29. The molecule has 0 saturated heterocycles. The Morgan fingerprint density at radius 2 is 1.70 bits per heavy atom. The predicted octanol–water partition coefficient (Wildman–Crippen LogP) is 5.37. The van der Waals surface area contributed by atoms with Gasteiger partial charge in [-0.25, -0.2) is 0 Å². The van der Waals surface area contributed by atoms with E-state index in [4.69, 9.17) is 4.74 Å². The van der Waals surface area contributed by atoms with Crippen molar-refractivity contribution < 1.29 is 22.7 Å². The largest absolute Gasteiger partial charge is 0.454 e. The molecule has 0 bridgehead atoms. The summed E-state index contributed by atoms with van der Waals surface area (Å²) < 4.78 is 45.6. The van der Waals surface area contributed by atoms with E-state index in [1.807, 2.05) is 30.3 Å². The number of benzene rings is 1. The maximum Gasteiger partial charge on any atom is 0.404 e. The van der Waals surface area contributed by atoms with Crippen molar-refractivity contribution in [2.24, 2.45) is 5.41 Å². The van der Waals surface area contributed by atoms with Gasteiger partial charge in [-0.15, -0.1) is 0 Å². The Labute approximate surface area is 135 Å². The third kappa shape index (κ3) is 3.38. The third-order valence-electron chi connectivity index (χ3n) is 5.03. The van der Waals surface area contributed by atoms with Crippen molar-refractivity contribution in [1.29, 1.82) is 0 Å². The van der Waals surface area contributed by atoms with Gasteiger partial charge >= 0.3 is 12.1 Å². The van der Waals surface area contributed by atoms with E-state index in [0.29, 0.717) is 12.8 Å². The summed E-state index contributed by atoms with van der Waals surface area (Å²) in [7, 11) is 0. The van der Waals surface area contributed by atoms with Gasteiger partial charge in [0.2, 0.25) is 0 Å². The maximum absolute atomic E-state index is 13.3. The van der Waals surface area contributed by atoms with Crippen molar-refractivity contribution in [3.63, 3.8) is 0 Å². The van der Waals surface area contributed by atoms with Crippen molar-refractivity contribution >= 4 is 5.97 Å². The van der Waals surface area contributed by atoms with Gasteiger partial charge < -0.3 is 4.74 Å². The standard InChI is InChI=1S/C18H23F3O2/c1-3-16(2,18(19,20)21)15(22)23-17(12-8-5-9-13-17)14-10-6-4-7-11-14/h4,6-7,10-11H,3,5,8-9,12-13H2,1-2H3. The van der Waals surface area contributed by atoms with Crippen LogP contribution in [0.5, 0.6) is 0 Å². The molecule has 0 N–H and O–H groups in total. The summed E-state index contributed by atoms with van der Waals surface area (Å²) in [6.07, 6.45) is -1.11. The van der Waals surface area contributed by atoms with Crippen molar-refractivity contribution in [3.05, 3.63) is 35.9 Å². The van der Waals surface area contributed by atoms with Crippen LogP contribution in [0.25, 0.3) is 0 Å². The first-order valence-electron chi connectivity index (χ1n) is 8.11. The Bertz CT molecular complexity index is 533. The summed E-state index contributed by atoms with van der Waals surface area (Å²) in [5, 5.41) is 0. The minimum atomic E-state index is -4.62. The van der Waals surface area contributed by atoms with Gasteiger partial charge in [-0.2, -0.15) is 13.2 Å². The van der Waals surface area contributed by atoms with Crippen molar-refractivity contribution in [1.82, 2.24) is 0 Å². The first-order valence-corrected chi connectivity index (χ1v) is 8.11. The fourth-order valence-electron chi connectivity index (χ4n) is 3.07. The first kappa shape index (κ1) is 17.8. The molecule has 0 amide bonds. The zero-order valence-corrected chi connectivity index (χ0v) is 13.6. The number of halogens is 3. The van der Waals surface area contributed by atoms with Gasteiger partial charge in [-0.1, -0.05) is 43.7 Å². The highest BCUT2D eigenvalue weighted by atomic mass is 19.4. The van der Waals surface area contributed by atoms with Crippen LogP contribution in [0.3, 0.4) is 0 Å². The Hall–Kier alpha value is -1.52. The fourth-order valence-corrected chi connectivity index (χ4v) is 3.07. The Kier molecular flexibility index (Phi) is 5.07. The van der Waals surface area contributed by atoms with E-state index in [1.54, 1.807) is 0 Å². The van der Waals surface area contributed by atoms with E-state index in [-0.39, 0.29) is 6.42 Å². The Morgan fingerprint density at radius 3 is 2.17 bits per heavy atom. The van der Waals surface area contributed by atoms with Crippen molar-refractivity contribution in [2.45, 2.75) is 64.1 Å². The molecule has 2 nitrogen and oxygen atoms in total. The second-order valence-electron chi connectivity index (χ2n) is 6.49. The average molecular weight is 328 g/mol. The molecule has 0 radical (unpaired) electrons. The number of rotatable bonds is 4. The summed E-state index contributed by atoms with van der Waals surface area (Å²) in [5.41, 5.74) is -2.61. The van der Waals surface area contributed by atoms with Crippen LogP contribution >= 0.6 is 0 Å². The minimum Gasteiger partial charge on any atom is -0.454 e. The molecule has 1 aliphatic carbocycles. The van der Waals surface area contributed by atoms with E-state index in [9.17, 15) is 18.0 Å². The zero-order valence-electron chi connectivity index (χ0n) is 13.6. The molecule has 1 aromatic carbocycles. The molecule has 0 aliphatic heterocycles. The summed E-state index contributed by atoms with van der Waals surface area (Å²) in [4.78, 5) is 12.4. The topological polar surface area (TPSA) is 26.3 Å². The molecular weight excluding hydrogens is 305 g/mol. The van der Waals surface area contributed by atoms with Gasteiger partial charge in [-0.05, 0) is 44.6 Å². The highest BCUT2D eigenvalue weighted by Gasteiger charge is 2.58. The third-order valence-corrected chi connectivity index (χ3v) is 5.03. The number of alkyl halides is 3. The minimum absolute atomic E-state index is 0.333. The van der Waals surface area contributed by atoms with Gasteiger partial charge in [0.1, 0.15) is 5.60 Å². The lowest BCUT2D eigenvalue weighted by Gasteiger charge is -2.40. The van der Waals surface area contributed by atoms with Gasteiger partial charge in [-0.3, -0.25) is 4.79 Å². The van der Waals surface area contributed by atoms with Gasteiger partial charge in [0.15, 0.2) is 5.41 Å². The number of ether oxygens (including phenoxy) is 1. The van der Waals surface area contributed by atoms with Gasteiger partial charge in [0, 0.05) is 0 Å². The number of hydrogen-bond donors (Lipinski definition) is 0. The molecule has 2 rings (SSSR count). The van der Waals surface area contributed by atoms with Crippen molar-refractivity contribution in [3.8, 4) is 0 Å². The van der Waals surface area contributed by atoms with Crippen LogP contribution in [0.2, 0.25) is 0 Å². The molecule has 23 heavy (non-hydrogen) atoms. The highest BCUT2D eigenvalue weighted by molar-refractivity contribution is 5.78. The van der Waals surface area contributed by atoms with E-state index in [2.05, 4.69) is 0 Å². The molecule has 0 aromatic heterocycles. The van der Waals surface area contributed by atoms with Crippen LogP contribution in [-0.2, 0) is 15.1 Å². The second kappa shape index (κ2) is 6.54. The molecule has 5 heteroatoms. The molecule has 0 spiro atoms. The molecule has 1 aromatic rings. The van der Waals surface area contributed by atoms with E-state index >= 15 is 0 Å². The smallest absolute Gasteiger partial charge is 0.404 e. The van der Waals surface area contributed by atoms with E-state index in [0.717, 1.165) is 31.7 Å². The average Bonchev–Trinajstić information content (AvgIpc) is 2.54. The van der Waals surface area contributed by atoms with Crippen molar-refractivity contribution in [2.75, 3.05) is 0 Å². The fraction of sp³-hybridized carbons (Fsp3) is 0.611. The monoisotopic (exact) mass is 328 g/mol. The molecule has 0 heterocycles. The molecule has 1 unspecified atom stereocenters.